The van der Waals surface area contributed by atoms with Gasteiger partial charge in [0.15, 0.2) is 17.4 Å². The van der Waals surface area contributed by atoms with Gasteiger partial charge in [-0.15, -0.1) is 0 Å². The summed E-state index contributed by atoms with van der Waals surface area (Å²) in [6, 6.07) is 10.4. The molecule has 0 bridgehead atoms. The van der Waals surface area contributed by atoms with Crippen LogP contribution in [0, 0.1) is 23.5 Å². The molecule has 0 radical (unpaired) electrons. The lowest BCUT2D eigenvalue weighted by molar-refractivity contribution is 0.0762. The van der Waals surface area contributed by atoms with Gasteiger partial charge in [-0.1, -0.05) is 12.1 Å². The van der Waals surface area contributed by atoms with Crippen molar-refractivity contribution in [1.82, 2.24) is 9.80 Å². The lowest BCUT2D eigenvalue weighted by atomic mass is 9.89. The molecule has 0 unspecified atom stereocenters. The Bertz CT molecular complexity index is 919. The zero-order chi connectivity index (χ0) is 20.7. The summed E-state index contributed by atoms with van der Waals surface area (Å²) in [5.41, 5.74) is 1.02. The Labute approximate surface area is 168 Å². The van der Waals surface area contributed by atoms with E-state index in [1.165, 1.54) is 18.7 Å². The minimum atomic E-state index is -0.946. The minimum absolute atomic E-state index is 0.155. The van der Waals surface area contributed by atoms with Crippen LogP contribution in [-0.4, -0.2) is 56.6 Å². The molecule has 2 aliphatic heterocycles. The van der Waals surface area contributed by atoms with Crippen molar-refractivity contribution < 1.29 is 23.0 Å². The van der Waals surface area contributed by atoms with Crippen LogP contribution in [0.25, 0.3) is 0 Å². The first-order valence-corrected chi connectivity index (χ1v) is 9.60. The lowest BCUT2D eigenvalue weighted by Gasteiger charge is -2.27. The molecule has 7 heteroatoms. The number of carbonyl (C=O) groups excluding carboxylic acids is 1. The molecular weight excluding hydrogens is 378 g/mol. The third kappa shape index (κ3) is 3.33. The van der Waals surface area contributed by atoms with E-state index in [0.717, 1.165) is 18.4 Å². The monoisotopic (exact) mass is 402 g/mol. The van der Waals surface area contributed by atoms with Gasteiger partial charge in [-0.2, -0.15) is 0 Å². The number of likely N-dealkylation sites (tertiary alicyclic amines) is 2. The Morgan fingerprint density at radius 1 is 1.00 bits per heavy atom. The highest BCUT2D eigenvalue weighted by Crippen LogP contribution is 2.44. The highest BCUT2D eigenvalue weighted by molar-refractivity contribution is 5.95. The molecule has 3 atom stereocenters. The van der Waals surface area contributed by atoms with Crippen molar-refractivity contribution in [2.45, 2.75) is 6.04 Å². The van der Waals surface area contributed by atoms with Crippen LogP contribution in [0.4, 0.5) is 8.78 Å². The Kier molecular flexibility index (Phi) is 5.17. The van der Waals surface area contributed by atoms with Crippen LogP contribution in [0.3, 0.4) is 0 Å². The summed E-state index contributed by atoms with van der Waals surface area (Å²) in [7, 11) is 4.91. The summed E-state index contributed by atoms with van der Waals surface area (Å²) < 4.78 is 38.3. The van der Waals surface area contributed by atoms with Crippen LogP contribution in [0.5, 0.6) is 11.5 Å². The van der Waals surface area contributed by atoms with Crippen molar-refractivity contribution in [2.75, 3.05) is 40.9 Å². The predicted octanol–water partition coefficient (Wildman–Crippen LogP) is 3.36. The zero-order valence-corrected chi connectivity index (χ0v) is 16.7. The highest BCUT2D eigenvalue weighted by Gasteiger charge is 2.47. The number of halogens is 2. The van der Waals surface area contributed by atoms with Gasteiger partial charge < -0.3 is 14.4 Å². The van der Waals surface area contributed by atoms with E-state index in [4.69, 9.17) is 9.47 Å². The molecule has 29 heavy (non-hydrogen) atoms. The van der Waals surface area contributed by atoms with Crippen molar-refractivity contribution in [3.05, 3.63) is 59.2 Å². The molecule has 2 aliphatic rings. The summed E-state index contributed by atoms with van der Waals surface area (Å²) in [5.74, 6) is -1.35. The summed E-state index contributed by atoms with van der Waals surface area (Å²) in [6.45, 7) is 1.95. The van der Waals surface area contributed by atoms with Gasteiger partial charge in [0.25, 0.3) is 5.91 Å². The van der Waals surface area contributed by atoms with E-state index < -0.39 is 23.3 Å². The van der Waals surface area contributed by atoms with Gasteiger partial charge in [0.05, 0.1) is 19.8 Å². The smallest absolute Gasteiger partial charge is 0.256 e. The second-order valence-electron chi connectivity index (χ2n) is 7.73. The van der Waals surface area contributed by atoms with Gasteiger partial charge in [-0.3, -0.25) is 9.69 Å². The van der Waals surface area contributed by atoms with Crippen LogP contribution < -0.4 is 9.47 Å². The third-order valence-corrected chi connectivity index (χ3v) is 6.12. The number of rotatable bonds is 4. The Hall–Kier alpha value is -2.67. The predicted molar refractivity (Wildman–Crippen MR) is 104 cm³/mol. The number of amides is 1. The van der Waals surface area contributed by atoms with E-state index in [2.05, 4.69) is 24.1 Å². The highest BCUT2D eigenvalue weighted by atomic mass is 19.1. The number of carbonyl (C=O) groups is 1. The fraction of sp³-hybridized carbons (Fsp3) is 0.409. The summed E-state index contributed by atoms with van der Waals surface area (Å²) in [4.78, 5) is 16.9. The summed E-state index contributed by atoms with van der Waals surface area (Å²) >= 11 is 0. The first-order valence-electron chi connectivity index (χ1n) is 9.60. The number of methoxy groups -OCH3 is 2. The van der Waals surface area contributed by atoms with Gasteiger partial charge in [0, 0.05) is 31.6 Å². The molecular formula is C22H24F2N2O3. The van der Waals surface area contributed by atoms with Crippen molar-refractivity contribution in [2.24, 2.45) is 11.8 Å². The van der Waals surface area contributed by atoms with Gasteiger partial charge >= 0.3 is 0 Å². The molecule has 5 nitrogen and oxygen atoms in total. The van der Waals surface area contributed by atoms with E-state index >= 15 is 0 Å². The minimum Gasteiger partial charge on any atom is -0.497 e. The SMILES string of the molecule is COc1ccc([C@@H]2[C@@H]3CN(C(=O)c4ccc(F)c(OC)c4F)C[C@@H]3CN2C)cc1. The molecule has 0 aromatic heterocycles. The first-order chi connectivity index (χ1) is 13.9. The standard InChI is InChI=1S/C22H24F2N2O3/c1-25-10-14-11-26(22(27)16-8-9-18(23)21(29-3)19(16)24)12-17(14)20(25)13-4-6-15(28-2)7-5-13/h4-9,14,17,20H,10-12H2,1-3H3/t14-,17+,20+/m0/s1. The second-order valence-corrected chi connectivity index (χ2v) is 7.73. The van der Waals surface area contributed by atoms with Crippen LogP contribution in [0.1, 0.15) is 22.0 Å². The lowest BCUT2D eigenvalue weighted by Crippen LogP contribution is -2.34. The maximum atomic E-state index is 14.6. The second kappa shape index (κ2) is 7.63. The van der Waals surface area contributed by atoms with Gasteiger partial charge in [0.2, 0.25) is 0 Å². The van der Waals surface area contributed by atoms with Crippen molar-refractivity contribution in [1.29, 1.82) is 0 Å². The molecule has 0 aliphatic carbocycles. The molecule has 154 valence electrons. The Morgan fingerprint density at radius 2 is 1.72 bits per heavy atom. The molecule has 0 saturated carbocycles. The van der Waals surface area contributed by atoms with Gasteiger partial charge in [-0.25, -0.2) is 8.78 Å². The summed E-state index contributed by atoms with van der Waals surface area (Å²) in [6.07, 6.45) is 0. The van der Waals surface area contributed by atoms with Crippen LogP contribution in [0.2, 0.25) is 0 Å². The Balaban J connectivity index is 1.56. The van der Waals surface area contributed by atoms with Crippen LogP contribution >= 0.6 is 0 Å². The topological polar surface area (TPSA) is 42.0 Å². The maximum absolute atomic E-state index is 14.6. The third-order valence-electron chi connectivity index (χ3n) is 6.12. The number of hydrogen-bond donors (Lipinski definition) is 0. The normalized spacial score (nSPS) is 23.9. The maximum Gasteiger partial charge on any atom is 0.256 e. The molecule has 2 saturated heterocycles. The molecule has 4 rings (SSSR count). The number of fused-ring (bicyclic) bond motifs is 1. The fourth-order valence-electron chi connectivity index (χ4n) is 4.78. The van der Waals surface area contributed by atoms with E-state index in [-0.39, 0.29) is 17.5 Å². The molecule has 1 amide bonds. The Morgan fingerprint density at radius 3 is 2.38 bits per heavy atom. The van der Waals surface area contributed by atoms with Gasteiger partial charge in [-0.05, 0) is 42.8 Å². The van der Waals surface area contributed by atoms with Gasteiger partial charge in [0.1, 0.15) is 5.75 Å². The molecule has 0 spiro atoms. The molecule has 2 heterocycles. The molecule has 2 fully saturated rings. The number of hydrogen-bond acceptors (Lipinski definition) is 4. The van der Waals surface area contributed by atoms with Crippen LogP contribution in [0.15, 0.2) is 36.4 Å². The first kappa shape index (κ1) is 19.6. The fourth-order valence-corrected chi connectivity index (χ4v) is 4.78. The number of benzene rings is 2. The largest absolute Gasteiger partial charge is 0.497 e. The average molecular weight is 402 g/mol. The van der Waals surface area contributed by atoms with E-state index in [1.807, 2.05) is 12.1 Å². The molecule has 2 aromatic rings. The van der Waals surface area contributed by atoms with Crippen molar-refractivity contribution in [3.63, 3.8) is 0 Å². The quantitative estimate of drug-likeness (QED) is 0.787. The number of ether oxygens (including phenoxy) is 2. The van der Waals surface area contributed by atoms with Crippen LogP contribution in [-0.2, 0) is 0 Å². The molecule has 2 aromatic carbocycles. The van der Waals surface area contributed by atoms with E-state index in [9.17, 15) is 13.6 Å². The molecule has 0 N–H and O–H groups in total. The van der Waals surface area contributed by atoms with Crippen molar-refractivity contribution in [3.8, 4) is 11.5 Å². The van der Waals surface area contributed by atoms with E-state index in [0.29, 0.717) is 19.0 Å². The van der Waals surface area contributed by atoms with Crippen molar-refractivity contribution >= 4 is 5.91 Å². The van der Waals surface area contributed by atoms with E-state index in [1.54, 1.807) is 12.0 Å². The zero-order valence-electron chi connectivity index (χ0n) is 16.7. The number of nitrogens with zero attached hydrogens (tertiary/aromatic N) is 2. The average Bonchev–Trinajstić information content (AvgIpc) is 3.25. The summed E-state index contributed by atoms with van der Waals surface area (Å²) in [5, 5.41) is 0.